The number of nitrogens with zero attached hydrogens (tertiary/aromatic N) is 3. The Morgan fingerprint density at radius 2 is 2.04 bits per heavy atom. The summed E-state index contributed by atoms with van der Waals surface area (Å²) in [6, 6.07) is 6.38. The molecule has 1 amide bonds. The third-order valence-electron chi connectivity index (χ3n) is 4.46. The van der Waals surface area contributed by atoms with Gasteiger partial charge in [0.2, 0.25) is 5.95 Å². The lowest BCUT2D eigenvalue weighted by Crippen LogP contribution is -2.39. The Kier molecular flexibility index (Phi) is 5.34. The van der Waals surface area contributed by atoms with E-state index in [1.165, 1.54) is 12.1 Å². The molecule has 2 heterocycles. The molecule has 27 heavy (non-hydrogen) atoms. The molecule has 1 saturated heterocycles. The Morgan fingerprint density at radius 3 is 2.74 bits per heavy atom. The molecule has 1 fully saturated rings. The number of piperidine rings is 1. The molecule has 1 aliphatic heterocycles. The third-order valence-corrected chi connectivity index (χ3v) is 4.46. The van der Waals surface area contributed by atoms with Gasteiger partial charge in [-0.25, -0.2) is 9.97 Å². The van der Waals surface area contributed by atoms with Crippen LogP contribution in [0.4, 0.5) is 24.8 Å². The van der Waals surface area contributed by atoms with E-state index in [1.807, 2.05) is 0 Å². The van der Waals surface area contributed by atoms with Crippen LogP contribution in [0.1, 0.15) is 41.5 Å². The van der Waals surface area contributed by atoms with Gasteiger partial charge in [0.25, 0.3) is 5.91 Å². The highest BCUT2D eigenvalue weighted by Gasteiger charge is 2.30. The van der Waals surface area contributed by atoms with E-state index in [-0.39, 0.29) is 23.2 Å². The van der Waals surface area contributed by atoms with Crippen LogP contribution in [0.2, 0.25) is 0 Å². The van der Waals surface area contributed by atoms with E-state index in [2.05, 4.69) is 22.2 Å². The number of aromatic nitrogens is 2. The van der Waals surface area contributed by atoms with Crippen molar-refractivity contribution in [2.75, 3.05) is 18.4 Å². The highest BCUT2D eigenvalue weighted by Crippen LogP contribution is 2.31. The molecular formula is C19H21F3N4O. The average Bonchev–Trinajstić information content (AvgIpc) is 2.60. The van der Waals surface area contributed by atoms with Crippen molar-refractivity contribution >= 4 is 17.5 Å². The number of amides is 1. The second-order valence-corrected chi connectivity index (χ2v) is 6.92. The molecule has 0 bridgehead atoms. The third kappa shape index (κ3) is 4.75. The first-order valence-electron chi connectivity index (χ1n) is 8.81. The fourth-order valence-corrected chi connectivity index (χ4v) is 3.17. The maximum atomic E-state index is 12.9. The standard InChI is InChI=1S/C19H21F3N4O/c1-12-5-4-8-26(11-12)17(27)16-9-13(2)23-18(25-16)24-15-7-3-6-14(10-15)19(20,21)22/h3,6-7,9-10,12H,4-5,8,11H2,1-2H3,(H,23,24,25). The van der Waals surface area contributed by atoms with Crippen molar-refractivity contribution in [3.63, 3.8) is 0 Å². The molecule has 0 spiro atoms. The van der Waals surface area contributed by atoms with Crippen molar-refractivity contribution in [2.24, 2.45) is 5.92 Å². The lowest BCUT2D eigenvalue weighted by atomic mass is 10.00. The largest absolute Gasteiger partial charge is 0.416 e. The number of hydrogen-bond acceptors (Lipinski definition) is 4. The van der Waals surface area contributed by atoms with E-state index < -0.39 is 11.7 Å². The monoisotopic (exact) mass is 378 g/mol. The first kappa shape index (κ1) is 19.1. The van der Waals surface area contributed by atoms with Gasteiger partial charge in [0.1, 0.15) is 5.69 Å². The van der Waals surface area contributed by atoms with Crippen LogP contribution in [-0.2, 0) is 6.18 Å². The molecule has 1 unspecified atom stereocenters. The van der Waals surface area contributed by atoms with Crippen molar-refractivity contribution in [2.45, 2.75) is 32.9 Å². The van der Waals surface area contributed by atoms with E-state index in [4.69, 9.17) is 0 Å². The van der Waals surface area contributed by atoms with Crippen LogP contribution < -0.4 is 5.32 Å². The predicted molar refractivity (Wildman–Crippen MR) is 95.8 cm³/mol. The molecule has 1 aliphatic rings. The quantitative estimate of drug-likeness (QED) is 0.859. The Balaban J connectivity index is 1.82. The Hall–Kier alpha value is -2.64. The summed E-state index contributed by atoms with van der Waals surface area (Å²) in [5.41, 5.74) is 0.248. The molecule has 0 saturated carbocycles. The number of likely N-dealkylation sites (tertiary alicyclic amines) is 1. The summed E-state index contributed by atoms with van der Waals surface area (Å²) in [5, 5.41) is 2.77. The number of halogens is 3. The topological polar surface area (TPSA) is 58.1 Å². The van der Waals surface area contributed by atoms with Crippen LogP contribution in [0, 0.1) is 12.8 Å². The van der Waals surface area contributed by atoms with Crippen LogP contribution in [0.5, 0.6) is 0 Å². The summed E-state index contributed by atoms with van der Waals surface area (Å²) in [5.74, 6) is 0.357. The average molecular weight is 378 g/mol. The molecule has 0 radical (unpaired) electrons. The maximum Gasteiger partial charge on any atom is 0.416 e. The summed E-state index contributed by atoms with van der Waals surface area (Å²) >= 11 is 0. The SMILES string of the molecule is Cc1cc(C(=O)N2CCCC(C)C2)nc(Nc2cccc(C(F)(F)F)c2)n1. The van der Waals surface area contributed by atoms with E-state index in [0.29, 0.717) is 24.7 Å². The molecule has 0 aliphatic carbocycles. The Morgan fingerprint density at radius 1 is 1.26 bits per heavy atom. The lowest BCUT2D eigenvalue weighted by Gasteiger charge is -2.30. The number of nitrogens with one attached hydrogen (secondary N) is 1. The minimum absolute atomic E-state index is 0.0998. The minimum atomic E-state index is -4.43. The van der Waals surface area contributed by atoms with Gasteiger partial charge in [0, 0.05) is 24.5 Å². The summed E-state index contributed by atoms with van der Waals surface area (Å²) in [4.78, 5) is 22.9. The van der Waals surface area contributed by atoms with Gasteiger partial charge in [-0.2, -0.15) is 13.2 Å². The molecule has 1 aromatic carbocycles. The molecule has 1 atom stereocenters. The van der Waals surface area contributed by atoms with Crippen molar-refractivity contribution < 1.29 is 18.0 Å². The van der Waals surface area contributed by atoms with Crippen molar-refractivity contribution in [1.29, 1.82) is 0 Å². The number of rotatable bonds is 3. The number of carbonyl (C=O) groups excluding carboxylic acids is 1. The van der Waals surface area contributed by atoms with Crippen LogP contribution >= 0.6 is 0 Å². The fourth-order valence-electron chi connectivity index (χ4n) is 3.17. The summed E-state index contributed by atoms with van der Waals surface area (Å²) in [6.45, 7) is 5.18. The van der Waals surface area contributed by atoms with Crippen molar-refractivity contribution in [3.05, 3.63) is 47.3 Å². The first-order valence-corrected chi connectivity index (χ1v) is 8.81. The van der Waals surface area contributed by atoms with Crippen LogP contribution in [0.25, 0.3) is 0 Å². The van der Waals surface area contributed by atoms with E-state index >= 15 is 0 Å². The zero-order valence-electron chi connectivity index (χ0n) is 15.2. The Labute approximate surface area is 155 Å². The van der Waals surface area contributed by atoms with Crippen molar-refractivity contribution in [1.82, 2.24) is 14.9 Å². The molecule has 8 heteroatoms. The summed E-state index contributed by atoms with van der Waals surface area (Å²) in [7, 11) is 0. The molecule has 144 valence electrons. The number of hydrogen-bond donors (Lipinski definition) is 1. The highest BCUT2D eigenvalue weighted by atomic mass is 19.4. The molecule has 1 N–H and O–H groups in total. The highest BCUT2D eigenvalue weighted by molar-refractivity contribution is 5.92. The van der Waals surface area contributed by atoms with Crippen LogP contribution in [0.15, 0.2) is 30.3 Å². The normalized spacial score (nSPS) is 17.7. The lowest BCUT2D eigenvalue weighted by molar-refractivity contribution is -0.137. The minimum Gasteiger partial charge on any atom is -0.337 e. The van der Waals surface area contributed by atoms with Gasteiger partial charge >= 0.3 is 6.18 Å². The maximum absolute atomic E-state index is 12.9. The van der Waals surface area contributed by atoms with Gasteiger partial charge in [-0.1, -0.05) is 13.0 Å². The van der Waals surface area contributed by atoms with Crippen LogP contribution in [0.3, 0.4) is 0 Å². The van der Waals surface area contributed by atoms with Gasteiger partial charge in [-0.15, -0.1) is 0 Å². The molecular weight excluding hydrogens is 357 g/mol. The van der Waals surface area contributed by atoms with Gasteiger partial charge in [0.05, 0.1) is 5.56 Å². The second-order valence-electron chi connectivity index (χ2n) is 6.92. The van der Waals surface area contributed by atoms with Crippen molar-refractivity contribution in [3.8, 4) is 0 Å². The number of anilines is 2. The Bertz CT molecular complexity index is 838. The number of benzene rings is 1. The summed E-state index contributed by atoms with van der Waals surface area (Å²) in [6.07, 6.45) is -2.39. The number of alkyl halides is 3. The van der Waals surface area contributed by atoms with Gasteiger partial charge in [-0.3, -0.25) is 4.79 Å². The molecule has 1 aromatic heterocycles. The second kappa shape index (κ2) is 7.54. The molecule has 2 aromatic rings. The predicted octanol–water partition coefficient (Wildman–Crippen LogP) is 4.42. The zero-order chi connectivity index (χ0) is 19.6. The number of aryl methyl sites for hydroxylation is 1. The van der Waals surface area contributed by atoms with Gasteiger partial charge in [-0.05, 0) is 49.9 Å². The van der Waals surface area contributed by atoms with E-state index in [9.17, 15) is 18.0 Å². The van der Waals surface area contributed by atoms with E-state index in [0.717, 1.165) is 25.0 Å². The first-order chi connectivity index (χ1) is 12.7. The van der Waals surface area contributed by atoms with Crippen LogP contribution in [-0.4, -0.2) is 33.9 Å². The zero-order valence-corrected chi connectivity index (χ0v) is 15.2. The molecule has 5 nitrogen and oxygen atoms in total. The van der Waals surface area contributed by atoms with Gasteiger partial charge in [0.15, 0.2) is 0 Å². The smallest absolute Gasteiger partial charge is 0.337 e. The van der Waals surface area contributed by atoms with Gasteiger partial charge < -0.3 is 10.2 Å². The fraction of sp³-hybridized carbons (Fsp3) is 0.421. The number of carbonyl (C=O) groups is 1. The van der Waals surface area contributed by atoms with E-state index in [1.54, 1.807) is 17.9 Å². The molecule has 3 rings (SSSR count). The summed E-state index contributed by atoms with van der Waals surface area (Å²) < 4.78 is 38.6.